The molecule has 0 radical (unpaired) electrons. The lowest BCUT2D eigenvalue weighted by molar-refractivity contribution is -0.0591. The number of imidazole rings is 1. The molecule has 0 aliphatic carbocycles. The van der Waals surface area contributed by atoms with Crippen LogP contribution in [0.2, 0.25) is 5.02 Å². The van der Waals surface area contributed by atoms with Gasteiger partial charge in [-0.15, -0.1) is 0 Å². The van der Waals surface area contributed by atoms with Crippen molar-refractivity contribution in [3.05, 3.63) is 94.0 Å². The van der Waals surface area contributed by atoms with Gasteiger partial charge in [-0.1, -0.05) is 29.8 Å². The van der Waals surface area contributed by atoms with Gasteiger partial charge < -0.3 is 18.8 Å². The fourth-order valence-corrected chi connectivity index (χ4v) is 5.34. The lowest BCUT2D eigenvalue weighted by Gasteiger charge is -2.29. The van der Waals surface area contributed by atoms with Crippen molar-refractivity contribution in [2.45, 2.75) is 38.6 Å². The molecule has 1 atom stereocenters. The number of rotatable bonds is 9. The molecule has 1 saturated heterocycles. The van der Waals surface area contributed by atoms with Crippen LogP contribution >= 0.6 is 11.6 Å². The van der Waals surface area contributed by atoms with Crippen molar-refractivity contribution >= 4 is 34.1 Å². The molecule has 2 aliphatic heterocycles. The van der Waals surface area contributed by atoms with Crippen molar-refractivity contribution in [1.29, 1.82) is 5.41 Å². The Morgan fingerprint density at radius 3 is 2.74 bits per heavy atom. The van der Waals surface area contributed by atoms with Crippen molar-refractivity contribution in [2.24, 2.45) is 0 Å². The molecule has 8 nitrogen and oxygen atoms in total. The third-order valence-corrected chi connectivity index (χ3v) is 7.92. The molecular formula is C31H30ClF2N5O3. The molecule has 4 aromatic rings. The molecule has 2 aliphatic rings. The van der Waals surface area contributed by atoms with Gasteiger partial charge in [-0.05, 0) is 54.3 Å². The Hall–Kier alpha value is -3.86. The first-order chi connectivity index (χ1) is 20.4. The van der Waals surface area contributed by atoms with Gasteiger partial charge in [0.15, 0.2) is 11.6 Å². The van der Waals surface area contributed by atoms with Gasteiger partial charge in [-0.2, -0.15) is 0 Å². The zero-order valence-electron chi connectivity index (χ0n) is 23.1. The van der Waals surface area contributed by atoms with Crippen molar-refractivity contribution in [3.8, 4) is 5.75 Å². The van der Waals surface area contributed by atoms with E-state index in [1.165, 1.54) is 25.3 Å². The lowest BCUT2D eigenvalue weighted by atomic mass is 9.99. The number of nitrogens with zero attached hydrogens (tertiary/aromatic N) is 4. The van der Waals surface area contributed by atoms with Gasteiger partial charge in [-0.25, -0.2) is 18.7 Å². The third kappa shape index (κ3) is 6.01. The van der Waals surface area contributed by atoms with E-state index in [0.717, 1.165) is 54.0 Å². The van der Waals surface area contributed by atoms with Crippen molar-refractivity contribution in [2.75, 3.05) is 26.8 Å². The summed E-state index contributed by atoms with van der Waals surface area (Å²) in [6.45, 7) is 3.48. The second-order valence-electron chi connectivity index (χ2n) is 10.4. The summed E-state index contributed by atoms with van der Waals surface area (Å²) in [4.78, 5) is 11.6. The molecule has 1 N–H and O–H groups in total. The highest BCUT2D eigenvalue weighted by Gasteiger charge is 2.24. The van der Waals surface area contributed by atoms with Crippen LogP contribution in [0, 0.1) is 17.0 Å². The maximum atomic E-state index is 14.5. The Bertz CT molecular complexity index is 1670. The van der Waals surface area contributed by atoms with Crippen LogP contribution in [-0.4, -0.2) is 58.2 Å². The van der Waals surface area contributed by atoms with Crippen LogP contribution in [0.5, 0.6) is 5.75 Å². The standard InChI is InChI=1S/C31H30ClF2N5O3/c1-40-31(35)27-14-26-28(15-36-27)39(16-23-8-11-41-23)30(37-26)17-38-9-6-19(7-10-38)20-3-5-24(33)29(12-20)42-18-21-2-4-22(32)13-25(21)34/h2-6,12-15,23,35H,7-11,16-18H2,1H3/t23-/m0/s1. The number of fused-ring (bicyclic) bond motifs is 1. The van der Waals surface area contributed by atoms with Gasteiger partial charge in [0.05, 0.1) is 43.5 Å². The van der Waals surface area contributed by atoms with Gasteiger partial charge in [0, 0.05) is 30.3 Å². The second-order valence-corrected chi connectivity index (χ2v) is 10.8. The smallest absolute Gasteiger partial charge is 0.232 e. The average molecular weight is 594 g/mol. The number of benzene rings is 2. The number of methoxy groups -OCH3 is 1. The maximum Gasteiger partial charge on any atom is 0.232 e. The van der Waals surface area contributed by atoms with Crippen LogP contribution < -0.4 is 4.74 Å². The number of ether oxygens (including phenoxy) is 3. The first-order valence-corrected chi connectivity index (χ1v) is 14.1. The number of hydrogen-bond acceptors (Lipinski definition) is 7. The summed E-state index contributed by atoms with van der Waals surface area (Å²) in [6, 6.07) is 10.9. The van der Waals surface area contributed by atoms with Crippen LogP contribution in [0.1, 0.15) is 35.5 Å². The van der Waals surface area contributed by atoms with Crippen LogP contribution in [0.15, 0.2) is 54.7 Å². The fourth-order valence-electron chi connectivity index (χ4n) is 5.18. The second kappa shape index (κ2) is 12.2. The van der Waals surface area contributed by atoms with Crippen molar-refractivity contribution in [1.82, 2.24) is 19.4 Å². The van der Waals surface area contributed by atoms with E-state index in [0.29, 0.717) is 35.9 Å². The van der Waals surface area contributed by atoms with Crippen LogP contribution in [0.4, 0.5) is 8.78 Å². The summed E-state index contributed by atoms with van der Waals surface area (Å²) in [5.74, 6) is -0.0119. The molecule has 2 aromatic heterocycles. The van der Waals surface area contributed by atoms with E-state index < -0.39 is 11.6 Å². The van der Waals surface area contributed by atoms with E-state index in [1.54, 1.807) is 30.5 Å². The number of pyridine rings is 1. The van der Waals surface area contributed by atoms with E-state index in [-0.39, 0.29) is 24.4 Å². The molecule has 42 heavy (non-hydrogen) atoms. The summed E-state index contributed by atoms with van der Waals surface area (Å²) >= 11 is 5.82. The monoisotopic (exact) mass is 593 g/mol. The molecule has 218 valence electrons. The van der Waals surface area contributed by atoms with Gasteiger partial charge in [0.2, 0.25) is 5.90 Å². The van der Waals surface area contributed by atoms with Crippen LogP contribution in [-0.2, 0) is 29.2 Å². The number of halogens is 3. The number of hydrogen-bond donors (Lipinski definition) is 1. The molecular weight excluding hydrogens is 564 g/mol. The molecule has 0 spiro atoms. The minimum atomic E-state index is -0.501. The number of nitrogens with one attached hydrogen (secondary N) is 1. The lowest BCUT2D eigenvalue weighted by Crippen LogP contribution is -2.33. The minimum absolute atomic E-state index is 0.00415. The SMILES string of the molecule is COC(=N)c1cc2nc(CN3CC=C(c4ccc(F)c(OCc5ccc(Cl)cc5F)c4)CC3)n(C[C@@H]3CCO3)c2cn1. The summed E-state index contributed by atoms with van der Waals surface area (Å²) in [5, 5.41) is 8.26. The molecule has 0 bridgehead atoms. The molecule has 0 amide bonds. The first-order valence-electron chi connectivity index (χ1n) is 13.8. The van der Waals surface area contributed by atoms with Crippen molar-refractivity contribution < 1.29 is 23.0 Å². The highest BCUT2D eigenvalue weighted by molar-refractivity contribution is 6.30. The third-order valence-electron chi connectivity index (χ3n) is 7.69. The average Bonchev–Trinajstić information content (AvgIpc) is 3.31. The van der Waals surface area contributed by atoms with Crippen molar-refractivity contribution in [3.63, 3.8) is 0 Å². The fraction of sp³-hybridized carbons (Fsp3) is 0.323. The molecule has 4 heterocycles. The first kappa shape index (κ1) is 28.3. The summed E-state index contributed by atoms with van der Waals surface area (Å²) in [5.41, 5.74) is 4.37. The van der Waals surface area contributed by atoms with E-state index >= 15 is 0 Å². The largest absolute Gasteiger partial charge is 0.486 e. The Morgan fingerprint density at radius 1 is 1.17 bits per heavy atom. The highest BCUT2D eigenvalue weighted by Crippen LogP contribution is 2.30. The molecule has 11 heteroatoms. The summed E-state index contributed by atoms with van der Waals surface area (Å²) in [7, 11) is 1.45. The van der Waals surface area contributed by atoms with E-state index in [9.17, 15) is 8.78 Å². The minimum Gasteiger partial charge on any atom is -0.486 e. The zero-order valence-corrected chi connectivity index (χ0v) is 23.8. The Morgan fingerprint density at radius 2 is 2.02 bits per heavy atom. The van der Waals surface area contributed by atoms with E-state index in [1.807, 2.05) is 0 Å². The Kier molecular flexibility index (Phi) is 8.19. The van der Waals surface area contributed by atoms with Crippen LogP contribution in [0.25, 0.3) is 16.6 Å². The van der Waals surface area contributed by atoms with Gasteiger partial charge in [0.25, 0.3) is 0 Å². The highest BCUT2D eigenvalue weighted by atomic mass is 35.5. The quantitative estimate of drug-likeness (QED) is 0.189. The van der Waals surface area contributed by atoms with Gasteiger partial charge in [0.1, 0.15) is 23.9 Å². The van der Waals surface area contributed by atoms with E-state index in [4.69, 9.17) is 36.2 Å². The molecule has 0 saturated carbocycles. The van der Waals surface area contributed by atoms with E-state index in [2.05, 4.69) is 20.5 Å². The maximum absolute atomic E-state index is 14.5. The Balaban J connectivity index is 1.17. The molecule has 2 aromatic carbocycles. The normalized spacial score (nSPS) is 17.1. The van der Waals surface area contributed by atoms with Gasteiger partial charge in [-0.3, -0.25) is 10.3 Å². The summed E-state index contributed by atoms with van der Waals surface area (Å²) in [6.07, 6.45) is 5.81. The predicted octanol–water partition coefficient (Wildman–Crippen LogP) is 5.99. The Labute approximate surface area is 247 Å². The molecule has 1 fully saturated rings. The molecule has 6 rings (SSSR count). The molecule has 0 unspecified atom stereocenters. The van der Waals surface area contributed by atoms with Gasteiger partial charge >= 0.3 is 0 Å². The topological polar surface area (TPSA) is 85.5 Å². The number of aromatic nitrogens is 3. The van der Waals surface area contributed by atoms with Crippen LogP contribution in [0.3, 0.4) is 0 Å². The zero-order chi connectivity index (χ0) is 29.2. The predicted molar refractivity (Wildman–Crippen MR) is 156 cm³/mol. The summed E-state index contributed by atoms with van der Waals surface area (Å²) < 4.78 is 47.2.